The van der Waals surface area contributed by atoms with E-state index >= 15 is 0 Å². The van der Waals surface area contributed by atoms with Gasteiger partial charge in [0.05, 0.1) is 22.4 Å². The van der Waals surface area contributed by atoms with Gasteiger partial charge in [-0.3, -0.25) is 29.3 Å². The topological polar surface area (TPSA) is 145 Å². The van der Waals surface area contributed by atoms with Gasteiger partial charge in [0.15, 0.2) is 0 Å². The lowest BCUT2D eigenvalue weighted by Gasteiger charge is -2.44. The lowest BCUT2D eigenvalue weighted by Crippen LogP contribution is -2.51. The molecule has 18 heteroatoms. The molecule has 0 bridgehead atoms. The van der Waals surface area contributed by atoms with Crippen LogP contribution >= 0.6 is 11.6 Å². The third-order valence-electron chi connectivity index (χ3n) is 13.4. The maximum absolute atomic E-state index is 13.5. The summed E-state index contributed by atoms with van der Waals surface area (Å²) in [6.07, 6.45) is 7.51. The number of imide groups is 1. The lowest BCUT2D eigenvalue weighted by atomic mass is 9.85. The Hall–Kier alpha value is -4.84. The molecule has 3 aromatic rings. The molecule has 62 heavy (non-hydrogen) atoms. The number of halogens is 4. The van der Waals surface area contributed by atoms with E-state index in [4.69, 9.17) is 21.4 Å². The fraction of sp³-hybridized carbons (Fsp3) is 0.545. The number of anilines is 1. The maximum atomic E-state index is 13.5. The number of aromatic nitrogens is 3. The predicted octanol–water partition coefficient (Wildman–Crippen LogP) is 6.17. The second kappa shape index (κ2) is 18.5. The van der Waals surface area contributed by atoms with E-state index < -0.39 is 29.9 Å². The molecule has 5 aliphatic rings. The third-order valence-corrected chi connectivity index (χ3v) is 13.7. The van der Waals surface area contributed by atoms with Crippen LogP contribution in [0.1, 0.15) is 102 Å². The summed E-state index contributed by atoms with van der Waals surface area (Å²) >= 11 is 6.41. The molecule has 2 aromatic heterocycles. The maximum Gasteiger partial charge on any atom is 0.433 e. The number of piperidine rings is 2. The number of likely N-dealkylation sites (tertiary alicyclic amines) is 2. The van der Waals surface area contributed by atoms with Gasteiger partial charge >= 0.3 is 12.2 Å². The minimum atomic E-state index is -4.66. The SMILES string of the molecule is COC1Cc2nn(C3CCC(CN(C)C4CCN(C5CCN(C(=O)c6ccc(Cl)c(N7CCC(=O)NC7=O)c6)CC5)CC4)CC3)cc2C=C1NC(=O)c1cccc(C(F)(F)F)n1. The van der Waals surface area contributed by atoms with E-state index in [0.29, 0.717) is 59.5 Å². The number of rotatable bonds is 10. The van der Waals surface area contributed by atoms with Crippen molar-refractivity contribution in [2.45, 2.75) is 94.6 Å². The first kappa shape index (κ1) is 43.8. The minimum absolute atomic E-state index is 0.0819. The van der Waals surface area contributed by atoms with Gasteiger partial charge in [-0.1, -0.05) is 17.7 Å². The summed E-state index contributed by atoms with van der Waals surface area (Å²) in [5.74, 6) is -0.546. The molecule has 4 fully saturated rings. The first-order valence-electron chi connectivity index (χ1n) is 21.6. The summed E-state index contributed by atoms with van der Waals surface area (Å²) in [6, 6.07) is 8.92. The molecule has 1 unspecified atom stereocenters. The number of nitrogens with zero attached hydrogens (tertiary/aromatic N) is 7. The summed E-state index contributed by atoms with van der Waals surface area (Å²) in [5, 5.41) is 10.3. The van der Waals surface area contributed by atoms with Crippen molar-refractivity contribution >= 4 is 47.1 Å². The lowest BCUT2D eigenvalue weighted by molar-refractivity contribution is -0.141. The molecular weight excluding hydrogens is 827 g/mol. The van der Waals surface area contributed by atoms with Gasteiger partial charge in [0.25, 0.3) is 11.8 Å². The fourth-order valence-corrected chi connectivity index (χ4v) is 10.0. The molecule has 3 saturated heterocycles. The first-order chi connectivity index (χ1) is 29.7. The molecule has 2 aliphatic carbocycles. The molecule has 3 aliphatic heterocycles. The largest absolute Gasteiger partial charge is 0.433 e. The average molecular weight is 880 g/mol. The number of amides is 5. The highest BCUT2D eigenvalue weighted by atomic mass is 35.5. The number of hydrogen-bond donors (Lipinski definition) is 2. The Balaban J connectivity index is 0.774. The molecular formula is C44H53ClF3N9O5. The number of fused-ring (bicyclic) bond motifs is 1. The van der Waals surface area contributed by atoms with Crippen molar-refractivity contribution in [3.8, 4) is 0 Å². The molecule has 1 saturated carbocycles. The summed E-state index contributed by atoms with van der Waals surface area (Å²) < 4.78 is 47.3. The van der Waals surface area contributed by atoms with Crippen molar-refractivity contribution in [2.75, 3.05) is 58.3 Å². The van der Waals surface area contributed by atoms with Gasteiger partial charge in [-0.25, -0.2) is 9.78 Å². The fourth-order valence-electron chi connectivity index (χ4n) is 9.80. The number of methoxy groups -OCH3 is 1. The van der Waals surface area contributed by atoms with Crippen LogP contribution in [0.5, 0.6) is 0 Å². The Labute approximate surface area is 363 Å². The van der Waals surface area contributed by atoms with E-state index in [-0.39, 0.29) is 36.5 Å². The normalized spacial score (nSPS) is 23.3. The minimum Gasteiger partial charge on any atom is -0.375 e. The summed E-state index contributed by atoms with van der Waals surface area (Å²) in [5.41, 5.74) is 1.62. The Morgan fingerprint density at radius 2 is 1.71 bits per heavy atom. The van der Waals surface area contributed by atoms with Crippen LogP contribution in [0.3, 0.4) is 0 Å². The molecule has 5 amide bonds. The zero-order valence-electron chi connectivity index (χ0n) is 35.0. The van der Waals surface area contributed by atoms with Crippen LogP contribution in [0.25, 0.3) is 6.08 Å². The molecule has 0 spiro atoms. The number of hydrogen-bond acceptors (Lipinski definition) is 9. The smallest absolute Gasteiger partial charge is 0.375 e. The second-order valence-corrected chi connectivity index (χ2v) is 17.6. The Morgan fingerprint density at radius 3 is 2.40 bits per heavy atom. The molecule has 1 atom stereocenters. The van der Waals surface area contributed by atoms with E-state index in [1.807, 2.05) is 15.8 Å². The number of urea groups is 1. The average Bonchev–Trinajstić information content (AvgIpc) is 3.69. The van der Waals surface area contributed by atoms with Crippen molar-refractivity contribution < 1.29 is 37.1 Å². The van der Waals surface area contributed by atoms with Gasteiger partial charge in [-0.2, -0.15) is 18.3 Å². The number of benzene rings is 1. The van der Waals surface area contributed by atoms with Crippen LogP contribution in [0.4, 0.5) is 23.7 Å². The third kappa shape index (κ3) is 9.70. The second-order valence-electron chi connectivity index (χ2n) is 17.2. The molecule has 0 radical (unpaired) electrons. The number of carbonyl (C=O) groups is 4. The van der Waals surface area contributed by atoms with Crippen molar-refractivity contribution in [1.29, 1.82) is 0 Å². The molecule has 14 nitrogen and oxygen atoms in total. The number of ether oxygens (including phenoxy) is 1. The van der Waals surface area contributed by atoms with Crippen LogP contribution in [-0.4, -0.2) is 125 Å². The Bertz CT molecular complexity index is 2190. The van der Waals surface area contributed by atoms with Crippen LogP contribution in [0.2, 0.25) is 5.02 Å². The van der Waals surface area contributed by atoms with Crippen molar-refractivity contribution in [3.63, 3.8) is 0 Å². The van der Waals surface area contributed by atoms with Gasteiger partial charge in [0, 0.05) is 81.2 Å². The van der Waals surface area contributed by atoms with Gasteiger partial charge < -0.3 is 24.8 Å². The van der Waals surface area contributed by atoms with Gasteiger partial charge in [0.2, 0.25) is 5.91 Å². The molecule has 8 rings (SSSR count). The van der Waals surface area contributed by atoms with Crippen LogP contribution in [-0.2, 0) is 22.1 Å². The first-order valence-corrected chi connectivity index (χ1v) is 21.9. The number of alkyl halides is 3. The molecule has 1 aromatic carbocycles. The molecule has 2 N–H and O–H groups in total. The Morgan fingerprint density at radius 1 is 0.968 bits per heavy atom. The zero-order chi connectivity index (χ0) is 43.7. The monoisotopic (exact) mass is 879 g/mol. The summed E-state index contributed by atoms with van der Waals surface area (Å²) in [4.78, 5) is 62.5. The van der Waals surface area contributed by atoms with Crippen LogP contribution in [0, 0.1) is 5.92 Å². The van der Waals surface area contributed by atoms with E-state index in [0.717, 1.165) is 88.3 Å². The quantitative estimate of drug-likeness (QED) is 0.244. The Kier molecular flexibility index (Phi) is 13.1. The highest BCUT2D eigenvalue weighted by Crippen LogP contribution is 2.36. The van der Waals surface area contributed by atoms with E-state index in [1.165, 1.54) is 24.1 Å². The van der Waals surface area contributed by atoms with Crippen LogP contribution in [0.15, 0.2) is 48.3 Å². The molecule has 332 valence electrons. The highest BCUT2D eigenvalue weighted by molar-refractivity contribution is 6.34. The highest BCUT2D eigenvalue weighted by Gasteiger charge is 2.36. The number of carbonyl (C=O) groups excluding carboxylic acids is 4. The summed E-state index contributed by atoms with van der Waals surface area (Å²) in [7, 11) is 3.79. The van der Waals surface area contributed by atoms with Crippen molar-refractivity contribution in [2.24, 2.45) is 5.92 Å². The standard InChI is InChI=1S/C44H53ClF3N9O5/c1-53(30-12-17-54(18-13-30)31-14-19-55(20-15-31)42(60)28-8-11-33(45)37(23-28)56-21-16-40(58)51-43(56)61)25-27-6-9-32(10-7-27)57-26-29-22-36(38(62-2)24-35(29)52-57)50-41(59)34-4-3-5-39(49-34)44(46,47)48/h3-5,8,11,22-23,26-27,30-32,38H,6-7,9-10,12-21,24-25H2,1-2H3,(H,50,59)(H,51,58,61). The van der Waals surface area contributed by atoms with E-state index in [1.54, 1.807) is 24.3 Å². The van der Waals surface area contributed by atoms with Gasteiger partial charge in [0.1, 0.15) is 17.5 Å². The summed E-state index contributed by atoms with van der Waals surface area (Å²) in [6.45, 7) is 4.67. The number of pyridine rings is 1. The van der Waals surface area contributed by atoms with E-state index in [2.05, 4.69) is 32.5 Å². The van der Waals surface area contributed by atoms with Crippen LogP contribution < -0.4 is 15.5 Å². The van der Waals surface area contributed by atoms with Crippen molar-refractivity contribution in [3.05, 3.63) is 81.5 Å². The molecule has 5 heterocycles. The number of nitrogens with one attached hydrogen (secondary N) is 2. The zero-order valence-corrected chi connectivity index (χ0v) is 35.8. The van der Waals surface area contributed by atoms with E-state index in [9.17, 15) is 32.3 Å². The van der Waals surface area contributed by atoms with Gasteiger partial charge in [-0.05, 0) is 114 Å². The van der Waals surface area contributed by atoms with Crippen molar-refractivity contribution in [1.82, 2.24) is 40.1 Å². The van der Waals surface area contributed by atoms with Gasteiger partial charge in [-0.15, -0.1) is 0 Å². The predicted molar refractivity (Wildman–Crippen MR) is 226 cm³/mol.